The first kappa shape index (κ1) is 66.2. The average molecular weight is 1060 g/mol. The fourth-order valence-electron chi connectivity index (χ4n) is 3.70. The number of nitrogens with two attached hydrogens (primary N) is 1. The van der Waals surface area contributed by atoms with Gasteiger partial charge in [0, 0.05) is 38.8 Å². The van der Waals surface area contributed by atoms with Gasteiger partial charge in [0.1, 0.15) is 35.8 Å². The van der Waals surface area contributed by atoms with Gasteiger partial charge < -0.3 is 5.73 Å². The predicted molar refractivity (Wildman–Crippen MR) is 237 cm³/mol. The third-order valence-corrected chi connectivity index (χ3v) is 5.16. The van der Waals surface area contributed by atoms with Gasteiger partial charge in [-0.05, 0) is 25.1 Å². The molecule has 4 rings (SSSR count). The van der Waals surface area contributed by atoms with Crippen LogP contribution in [0.15, 0.2) is 13.2 Å². The predicted octanol–water partition coefficient (Wildman–Crippen LogP) is 7.25. The molecule has 4 saturated heterocycles. The molecule has 47 heavy (non-hydrogen) atoms. The minimum atomic E-state index is -0.447. The van der Waals surface area contributed by atoms with Crippen molar-refractivity contribution in [2.24, 2.45) is 5.73 Å². The quantitative estimate of drug-likeness (QED) is 0.0780. The van der Waals surface area contributed by atoms with Crippen LogP contribution in [0.3, 0.4) is 0 Å². The number of imide groups is 3. The maximum Gasteiger partial charge on any atom is 0.342 e. The van der Waals surface area contributed by atoms with E-state index in [0.29, 0.717) is 39.0 Å². The molecule has 0 aromatic rings. The molecule has 2 N–H and O–H groups in total. The van der Waals surface area contributed by atoms with Gasteiger partial charge in [-0.25, -0.2) is 9.59 Å². The van der Waals surface area contributed by atoms with Crippen molar-refractivity contribution in [1.29, 1.82) is 0 Å². The van der Waals surface area contributed by atoms with Crippen LogP contribution in [0.2, 0.25) is 0 Å². The lowest BCUT2D eigenvalue weighted by Gasteiger charge is -2.48. The van der Waals surface area contributed by atoms with Gasteiger partial charge in [0.15, 0.2) is 0 Å². The molecular formula is C27H59B3I3N5O6P3+. The first-order valence-electron chi connectivity index (χ1n) is 12.1. The van der Waals surface area contributed by atoms with Crippen molar-refractivity contribution >= 4 is 141 Å². The van der Waals surface area contributed by atoms with E-state index >= 15 is 0 Å². The number of nitrogens with zero attached hydrogens (tertiary/aromatic N) is 4. The number of amides is 6. The summed E-state index contributed by atoms with van der Waals surface area (Å²) in [6.45, 7) is 13.5. The molecule has 0 aromatic heterocycles. The van der Waals surface area contributed by atoms with E-state index in [4.69, 9.17) is 28.4 Å². The highest BCUT2D eigenvalue weighted by atomic mass is 127. The largest absolute Gasteiger partial charge is 0.342 e. The Kier molecular flexibility index (Phi) is 49.7. The van der Waals surface area contributed by atoms with Gasteiger partial charge in [0.05, 0.1) is 12.8 Å². The van der Waals surface area contributed by atoms with Gasteiger partial charge in [0.25, 0.3) is 0 Å². The maximum absolute atomic E-state index is 11.8. The standard InChI is InChI=1S/C10H12N3O4.C6H10N2O2.C2H4.3CH3BIP.6CH4/c14-7-1-2-8(15)12(7)11-5-6-13(11)9(16)3-4-10(13)17;7-3-4-8-5(9)1-2-6(8)10;1-2;3*1-4(2)3;;;;;;/h1-6H2;1-4,7H2;1-2H2;3*1H3;6*1H4/q+1;;;;;;;;;;;. The van der Waals surface area contributed by atoms with Crippen LogP contribution in [0.1, 0.15) is 83.1 Å². The fraction of sp³-hybridized carbons (Fsp3) is 0.704. The van der Waals surface area contributed by atoms with Gasteiger partial charge in [-0.3, -0.25) is 24.1 Å². The number of halogens is 3. The number of hydrazine groups is 1. The Hall–Kier alpha value is 0.915. The smallest absolute Gasteiger partial charge is 0.329 e. The Labute approximate surface area is 334 Å². The summed E-state index contributed by atoms with van der Waals surface area (Å²) in [5.74, 6) is -1.24. The van der Waals surface area contributed by atoms with Gasteiger partial charge in [-0.2, -0.15) is 5.01 Å². The highest BCUT2D eigenvalue weighted by molar-refractivity contribution is 14.2. The maximum atomic E-state index is 11.8. The Morgan fingerprint density at radius 1 is 0.660 bits per heavy atom. The molecule has 1 spiro atoms. The lowest BCUT2D eigenvalue weighted by atomic mass is 10.3. The number of quaternary nitrogens is 1. The fourth-order valence-corrected chi connectivity index (χ4v) is 3.70. The number of rotatable bonds is 3. The summed E-state index contributed by atoms with van der Waals surface area (Å²) in [6.07, 6.45) is 1.45. The van der Waals surface area contributed by atoms with E-state index in [-0.39, 0.29) is 122 Å². The second kappa shape index (κ2) is 35.3. The van der Waals surface area contributed by atoms with Crippen molar-refractivity contribution in [3.63, 3.8) is 0 Å². The number of carbonyl (C=O) groups is 6. The van der Waals surface area contributed by atoms with Gasteiger partial charge in [-0.1, -0.05) is 132 Å². The van der Waals surface area contributed by atoms with Crippen LogP contribution in [-0.2, 0) is 28.8 Å². The number of hydrogen-bond acceptors (Lipinski definition) is 8. The molecule has 0 aliphatic carbocycles. The minimum absolute atomic E-state index is 0. The van der Waals surface area contributed by atoms with Crippen molar-refractivity contribution in [2.45, 2.75) is 83.1 Å². The topological polar surface area (TPSA) is 138 Å². The molecule has 4 aliphatic rings. The number of carbonyl (C=O) groups excluding carboxylic acids is 6. The number of likely N-dealkylation sites (tertiary alicyclic amines) is 1. The zero-order valence-corrected chi connectivity index (χ0v) is 32.7. The van der Waals surface area contributed by atoms with Crippen molar-refractivity contribution in [1.82, 2.24) is 15.0 Å². The van der Waals surface area contributed by atoms with E-state index in [1.807, 2.05) is 20.0 Å². The van der Waals surface area contributed by atoms with Gasteiger partial charge >= 0.3 is 11.8 Å². The van der Waals surface area contributed by atoms with Crippen LogP contribution in [0, 0.1) is 0 Å². The Bertz CT molecular complexity index is 862. The van der Waals surface area contributed by atoms with Crippen molar-refractivity contribution in [3.8, 4) is 0 Å². The van der Waals surface area contributed by atoms with Gasteiger partial charge in [-0.15, -0.1) is 13.2 Å². The first-order chi connectivity index (χ1) is 19.0. The summed E-state index contributed by atoms with van der Waals surface area (Å²) in [5, 5.41) is 2.32. The molecule has 6 radical (unpaired) electrons. The lowest BCUT2D eigenvalue weighted by Crippen LogP contribution is -2.79. The highest BCUT2D eigenvalue weighted by Gasteiger charge is 2.65. The molecule has 11 nitrogen and oxygen atoms in total. The molecule has 3 unspecified atom stereocenters. The summed E-state index contributed by atoms with van der Waals surface area (Å²) >= 11 is 6.56. The van der Waals surface area contributed by atoms with E-state index in [0.717, 1.165) is 5.01 Å². The normalized spacial score (nSPS) is 18.3. The molecular weight excluding hydrogens is 996 g/mol. The molecule has 0 aromatic carbocycles. The summed E-state index contributed by atoms with van der Waals surface area (Å²) < 4.78 is -0.447. The molecule has 3 atom stereocenters. The number of hydrogen-bond donors (Lipinski definition) is 1. The minimum Gasteiger partial charge on any atom is -0.329 e. The van der Waals surface area contributed by atoms with Crippen LogP contribution in [0.4, 0.5) is 0 Å². The summed E-state index contributed by atoms with van der Waals surface area (Å²) in [5.41, 5.74) is 4.74. The van der Waals surface area contributed by atoms with Crippen LogP contribution in [-0.4, -0.2) is 124 Å². The van der Waals surface area contributed by atoms with Crippen LogP contribution in [0.5, 0.6) is 0 Å². The Morgan fingerprint density at radius 2 is 0.936 bits per heavy atom. The van der Waals surface area contributed by atoms with Crippen LogP contribution in [0.25, 0.3) is 0 Å². The monoisotopic (exact) mass is 1060 g/mol. The van der Waals surface area contributed by atoms with E-state index in [9.17, 15) is 28.8 Å². The van der Waals surface area contributed by atoms with E-state index in [2.05, 4.69) is 79.3 Å². The van der Waals surface area contributed by atoms with Crippen LogP contribution >= 0.6 is 82.5 Å². The molecule has 4 fully saturated rings. The molecule has 0 bridgehead atoms. The molecule has 4 heterocycles. The first-order valence-corrected chi connectivity index (χ1v) is 26.0. The van der Waals surface area contributed by atoms with Crippen LogP contribution < -0.4 is 5.73 Å². The summed E-state index contributed by atoms with van der Waals surface area (Å²) in [4.78, 5) is 69.7. The Balaban J connectivity index is -0.0000000738. The lowest BCUT2D eigenvalue weighted by molar-refractivity contribution is -0.964. The highest BCUT2D eigenvalue weighted by Crippen LogP contribution is 2.36. The van der Waals surface area contributed by atoms with Crippen molar-refractivity contribution in [3.05, 3.63) is 13.2 Å². The third kappa shape index (κ3) is 23.9. The SMILES string of the molecule is C.C.C.C.C.C.C=C.NCCN1C(=O)CCC1=O.O=C1CCC(=O)N1N1CC[N+]12C(=O)CCC2=O.[B]P(C)I.[B]P(C)I.[B]P(C)I. The molecule has 6 amide bonds. The van der Waals surface area contributed by atoms with E-state index in [1.165, 1.54) is 10.0 Å². The average Bonchev–Trinajstić information content (AvgIpc) is 3.46. The molecule has 0 saturated carbocycles. The zero-order chi connectivity index (χ0) is 32.5. The van der Waals surface area contributed by atoms with Crippen molar-refractivity contribution < 1.29 is 33.4 Å². The third-order valence-electron chi connectivity index (χ3n) is 5.16. The van der Waals surface area contributed by atoms with E-state index in [1.54, 1.807) is 0 Å². The van der Waals surface area contributed by atoms with Gasteiger partial charge in [0.2, 0.25) is 23.6 Å². The summed E-state index contributed by atoms with van der Waals surface area (Å²) in [6, 6.07) is 0. The molecule has 20 heteroatoms. The molecule has 4 aliphatic heterocycles. The second-order valence-corrected chi connectivity index (χ2v) is 25.1. The van der Waals surface area contributed by atoms with Crippen molar-refractivity contribution in [2.75, 3.05) is 46.2 Å². The molecule has 272 valence electrons. The zero-order valence-electron chi connectivity index (χ0n) is 23.5. The van der Waals surface area contributed by atoms with E-state index < -0.39 is 4.59 Å². The second-order valence-electron chi connectivity index (χ2n) is 8.28. The Morgan fingerprint density at radius 3 is 1.17 bits per heavy atom. The summed E-state index contributed by atoms with van der Waals surface area (Å²) in [7, 11) is 15.5.